The third-order valence-corrected chi connectivity index (χ3v) is 5.46. The summed E-state index contributed by atoms with van der Waals surface area (Å²) in [7, 11) is 0. The summed E-state index contributed by atoms with van der Waals surface area (Å²) < 4.78 is 10.7. The molecule has 0 bridgehead atoms. The van der Waals surface area contributed by atoms with Gasteiger partial charge in [-0.1, -0.05) is 11.2 Å². The van der Waals surface area contributed by atoms with Crippen LogP contribution in [-0.2, 0) is 16.0 Å². The lowest BCUT2D eigenvalue weighted by Crippen LogP contribution is -2.55. The van der Waals surface area contributed by atoms with Crippen LogP contribution < -0.4 is 5.32 Å². The summed E-state index contributed by atoms with van der Waals surface area (Å²) in [6.07, 6.45) is 1.75. The molecule has 3 rings (SSSR count). The Morgan fingerprint density at radius 3 is 2.92 bits per heavy atom. The molecule has 1 saturated heterocycles. The van der Waals surface area contributed by atoms with Gasteiger partial charge >= 0.3 is 0 Å². The summed E-state index contributed by atoms with van der Waals surface area (Å²) in [5, 5.41) is 9.01. The summed E-state index contributed by atoms with van der Waals surface area (Å²) in [5.74, 6) is 1.26. The molecule has 0 atom stereocenters. The van der Waals surface area contributed by atoms with Gasteiger partial charge in [-0.3, -0.25) is 9.69 Å². The first kappa shape index (κ1) is 19.0. The van der Waals surface area contributed by atoms with Crippen LogP contribution in [0, 0.1) is 0 Å². The predicted molar refractivity (Wildman–Crippen MR) is 100 cm³/mol. The number of nitrogens with zero attached hydrogens (tertiary/aromatic N) is 3. The highest BCUT2D eigenvalue weighted by atomic mass is 32.1. The standard InChI is InChI=1S/C18H26N4O3S/c1-18(2,22-8-10-24-11-9-22)13-19-15(23)6-3-7-16-20-17(21-25-16)14-5-4-12-26-14/h4-5,12H,3,6-11,13H2,1-2H3,(H,19,23). The maximum atomic E-state index is 12.1. The number of amides is 1. The van der Waals surface area contributed by atoms with Gasteiger partial charge in [-0.2, -0.15) is 4.98 Å². The van der Waals surface area contributed by atoms with Crippen molar-refractivity contribution >= 4 is 17.2 Å². The van der Waals surface area contributed by atoms with E-state index in [9.17, 15) is 4.79 Å². The third-order valence-electron chi connectivity index (χ3n) is 4.59. The van der Waals surface area contributed by atoms with E-state index in [1.54, 1.807) is 11.3 Å². The average Bonchev–Trinajstić information content (AvgIpc) is 3.32. The molecule has 1 aliphatic rings. The first-order valence-corrected chi connectivity index (χ1v) is 9.88. The molecule has 26 heavy (non-hydrogen) atoms. The van der Waals surface area contributed by atoms with E-state index in [1.807, 2.05) is 17.5 Å². The predicted octanol–water partition coefficient (Wildman–Crippen LogP) is 2.35. The van der Waals surface area contributed by atoms with Gasteiger partial charge in [0.1, 0.15) is 0 Å². The minimum Gasteiger partial charge on any atom is -0.379 e. The van der Waals surface area contributed by atoms with Crippen molar-refractivity contribution in [2.75, 3.05) is 32.8 Å². The van der Waals surface area contributed by atoms with Crippen LogP contribution in [0.1, 0.15) is 32.6 Å². The van der Waals surface area contributed by atoms with Crippen LogP contribution in [0.5, 0.6) is 0 Å². The Kier molecular flexibility index (Phi) is 6.39. The second kappa shape index (κ2) is 8.75. The Morgan fingerprint density at radius 1 is 1.38 bits per heavy atom. The van der Waals surface area contributed by atoms with Gasteiger partial charge in [0, 0.05) is 38.0 Å². The third kappa shape index (κ3) is 5.12. The number of aromatic nitrogens is 2. The number of rotatable bonds is 8. The van der Waals surface area contributed by atoms with Crippen molar-refractivity contribution in [3.8, 4) is 10.7 Å². The topological polar surface area (TPSA) is 80.5 Å². The summed E-state index contributed by atoms with van der Waals surface area (Å²) in [6.45, 7) is 8.28. The van der Waals surface area contributed by atoms with E-state index in [4.69, 9.17) is 9.26 Å². The average molecular weight is 378 g/mol. The van der Waals surface area contributed by atoms with Crippen LogP contribution in [0.15, 0.2) is 22.0 Å². The fourth-order valence-electron chi connectivity index (χ4n) is 2.95. The number of morpholine rings is 1. The van der Waals surface area contributed by atoms with E-state index >= 15 is 0 Å². The largest absolute Gasteiger partial charge is 0.379 e. The zero-order chi connectivity index (χ0) is 18.4. The zero-order valence-corrected chi connectivity index (χ0v) is 16.2. The molecule has 0 spiro atoms. The normalized spacial score (nSPS) is 15.9. The summed E-state index contributed by atoms with van der Waals surface area (Å²) in [5.41, 5.74) is -0.0679. The summed E-state index contributed by atoms with van der Waals surface area (Å²) in [4.78, 5) is 19.9. The van der Waals surface area contributed by atoms with Gasteiger partial charge in [-0.15, -0.1) is 11.3 Å². The number of carbonyl (C=O) groups is 1. The van der Waals surface area contributed by atoms with E-state index in [-0.39, 0.29) is 11.4 Å². The van der Waals surface area contributed by atoms with Gasteiger partial charge in [0.05, 0.1) is 18.1 Å². The number of thiophene rings is 1. The molecule has 0 unspecified atom stereocenters. The Hall–Kier alpha value is -1.77. The lowest BCUT2D eigenvalue weighted by Gasteiger charge is -2.40. The van der Waals surface area contributed by atoms with Crippen LogP contribution >= 0.6 is 11.3 Å². The highest BCUT2D eigenvalue weighted by Crippen LogP contribution is 2.21. The zero-order valence-electron chi connectivity index (χ0n) is 15.4. The first-order chi connectivity index (χ1) is 12.5. The number of carbonyl (C=O) groups excluding carboxylic acids is 1. The van der Waals surface area contributed by atoms with Crippen molar-refractivity contribution in [1.29, 1.82) is 0 Å². The molecule has 0 saturated carbocycles. The molecule has 2 aromatic heterocycles. The van der Waals surface area contributed by atoms with Gasteiger partial charge in [-0.25, -0.2) is 0 Å². The van der Waals surface area contributed by atoms with E-state index in [0.717, 1.165) is 31.2 Å². The first-order valence-electron chi connectivity index (χ1n) is 9.00. The number of hydrogen-bond donors (Lipinski definition) is 1. The van der Waals surface area contributed by atoms with Gasteiger partial charge < -0.3 is 14.6 Å². The van der Waals surface area contributed by atoms with Crippen LogP contribution in [0.2, 0.25) is 0 Å². The van der Waals surface area contributed by atoms with Gasteiger partial charge in [0.25, 0.3) is 0 Å². The molecule has 2 aromatic rings. The molecular formula is C18H26N4O3S. The highest BCUT2D eigenvalue weighted by molar-refractivity contribution is 7.13. The molecule has 1 aliphatic heterocycles. The maximum absolute atomic E-state index is 12.1. The number of ether oxygens (including phenoxy) is 1. The molecule has 142 valence electrons. The fraction of sp³-hybridized carbons (Fsp3) is 0.611. The van der Waals surface area contributed by atoms with Gasteiger partial charge in [-0.05, 0) is 31.7 Å². The van der Waals surface area contributed by atoms with Crippen LogP contribution in [0.4, 0.5) is 0 Å². The molecule has 0 aliphatic carbocycles. The lowest BCUT2D eigenvalue weighted by molar-refractivity contribution is -0.122. The lowest BCUT2D eigenvalue weighted by atomic mass is 10.0. The van der Waals surface area contributed by atoms with Crippen LogP contribution in [-0.4, -0.2) is 59.3 Å². The smallest absolute Gasteiger partial charge is 0.226 e. The van der Waals surface area contributed by atoms with Crippen LogP contribution in [0.25, 0.3) is 10.7 Å². The van der Waals surface area contributed by atoms with E-state index in [2.05, 4.69) is 34.2 Å². The molecule has 7 nitrogen and oxygen atoms in total. The van der Waals surface area contributed by atoms with E-state index in [1.165, 1.54) is 0 Å². The maximum Gasteiger partial charge on any atom is 0.226 e. The Morgan fingerprint density at radius 2 is 2.19 bits per heavy atom. The second-order valence-electron chi connectivity index (χ2n) is 7.03. The fourth-order valence-corrected chi connectivity index (χ4v) is 3.60. The van der Waals surface area contributed by atoms with Gasteiger partial charge in [0.15, 0.2) is 0 Å². The monoisotopic (exact) mass is 378 g/mol. The molecule has 0 aromatic carbocycles. The van der Waals surface area contributed by atoms with Crippen molar-refractivity contribution < 1.29 is 14.1 Å². The molecule has 1 fully saturated rings. The molecule has 0 radical (unpaired) electrons. The summed E-state index contributed by atoms with van der Waals surface area (Å²) in [6, 6.07) is 3.92. The highest BCUT2D eigenvalue weighted by Gasteiger charge is 2.28. The summed E-state index contributed by atoms with van der Waals surface area (Å²) >= 11 is 1.58. The van der Waals surface area contributed by atoms with E-state index in [0.29, 0.717) is 37.5 Å². The number of aryl methyl sites for hydroxylation is 1. The molecular weight excluding hydrogens is 352 g/mol. The minimum absolute atomic E-state index is 0.0596. The Labute approximate surface area is 157 Å². The van der Waals surface area contributed by atoms with Gasteiger partial charge in [0.2, 0.25) is 17.6 Å². The molecule has 1 N–H and O–H groups in total. The number of hydrogen-bond acceptors (Lipinski definition) is 7. The second-order valence-corrected chi connectivity index (χ2v) is 7.98. The SMILES string of the molecule is CC(C)(CNC(=O)CCCc1nc(-c2cccs2)no1)N1CCOCC1. The number of nitrogens with one attached hydrogen (secondary N) is 1. The minimum atomic E-state index is -0.0679. The Balaban J connectivity index is 1.37. The molecule has 3 heterocycles. The van der Waals surface area contributed by atoms with Crippen molar-refractivity contribution in [2.24, 2.45) is 0 Å². The van der Waals surface area contributed by atoms with Crippen molar-refractivity contribution in [3.63, 3.8) is 0 Å². The van der Waals surface area contributed by atoms with Crippen molar-refractivity contribution in [2.45, 2.75) is 38.6 Å². The molecule has 8 heteroatoms. The van der Waals surface area contributed by atoms with Crippen LogP contribution in [0.3, 0.4) is 0 Å². The van der Waals surface area contributed by atoms with Crippen molar-refractivity contribution in [3.05, 3.63) is 23.4 Å². The van der Waals surface area contributed by atoms with Crippen molar-refractivity contribution in [1.82, 2.24) is 20.4 Å². The molecule has 1 amide bonds. The quantitative estimate of drug-likeness (QED) is 0.759. The Bertz CT molecular complexity index is 693. The van der Waals surface area contributed by atoms with E-state index < -0.39 is 0 Å².